The summed E-state index contributed by atoms with van der Waals surface area (Å²) in [6.07, 6.45) is 3.35. The van der Waals surface area contributed by atoms with E-state index in [1.807, 2.05) is 23.1 Å². The van der Waals surface area contributed by atoms with E-state index >= 15 is 0 Å². The van der Waals surface area contributed by atoms with Gasteiger partial charge in [0.2, 0.25) is 5.95 Å². The molecule has 3 heterocycles. The number of likely N-dealkylation sites (N-methyl/N-ethyl adjacent to an activating group) is 1. The molecule has 11 heteroatoms. The third-order valence-corrected chi connectivity index (χ3v) is 6.44. The van der Waals surface area contributed by atoms with E-state index in [1.54, 1.807) is 19.3 Å². The van der Waals surface area contributed by atoms with Gasteiger partial charge in [0, 0.05) is 39.0 Å². The first kappa shape index (κ1) is 24.5. The Morgan fingerprint density at radius 3 is 2.86 bits per heavy atom. The van der Waals surface area contributed by atoms with E-state index < -0.39 is 11.9 Å². The van der Waals surface area contributed by atoms with Crippen molar-refractivity contribution in [2.24, 2.45) is 13.0 Å². The van der Waals surface area contributed by atoms with E-state index in [4.69, 9.17) is 16.3 Å². The number of fused-ring (bicyclic) bond motifs is 1. The minimum Gasteiger partial charge on any atom is -0.481 e. The summed E-state index contributed by atoms with van der Waals surface area (Å²) >= 11 is 6.40. The Labute approximate surface area is 206 Å². The number of rotatable bonds is 7. The highest BCUT2D eigenvalue weighted by atomic mass is 35.5. The number of carboxylic acid groups (broad SMARTS) is 1. The number of carbonyl (C=O) groups excluding carboxylic acids is 1. The van der Waals surface area contributed by atoms with E-state index in [9.17, 15) is 19.5 Å². The summed E-state index contributed by atoms with van der Waals surface area (Å²) < 4.78 is 6.91. The van der Waals surface area contributed by atoms with Gasteiger partial charge in [0.15, 0.2) is 12.4 Å². The molecule has 1 aromatic carbocycles. The number of aryl methyl sites for hydroxylation is 1. The van der Waals surface area contributed by atoms with Crippen molar-refractivity contribution in [3.63, 3.8) is 0 Å². The van der Waals surface area contributed by atoms with Crippen LogP contribution in [0, 0.1) is 5.92 Å². The van der Waals surface area contributed by atoms with Gasteiger partial charge in [-0.1, -0.05) is 17.7 Å². The number of aromatic nitrogens is 3. The number of nitrogens with zero attached hydrogens (tertiary/aromatic N) is 4. The van der Waals surface area contributed by atoms with Gasteiger partial charge in [-0.05, 0) is 36.6 Å². The predicted molar refractivity (Wildman–Crippen MR) is 131 cm³/mol. The highest BCUT2D eigenvalue weighted by Gasteiger charge is 2.27. The Hall–Kier alpha value is -3.66. The van der Waals surface area contributed by atoms with Crippen molar-refractivity contribution < 1.29 is 19.4 Å². The molecule has 2 aromatic heterocycles. The summed E-state index contributed by atoms with van der Waals surface area (Å²) in [5.74, 6) is -1.05. The molecule has 1 aliphatic rings. The van der Waals surface area contributed by atoms with E-state index in [1.165, 1.54) is 11.6 Å². The van der Waals surface area contributed by atoms with Gasteiger partial charge in [-0.25, -0.2) is 9.97 Å². The lowest BCUT2D eigenvalue weighted by molar-refractivity contribution is -0.142. The summed E-state index contributed by atoms with van der Waals surface area (Å²) in [6.45, 7) is 0.794. The minimum atomic E-state index is -0.812. The fourth-order valence-electron chi connectivity index (χ4n) is 4.15. The van der Waals surface area contributed by atoms with Gasteiger partial charge in [0.1, 0.15) is 0 Å². The summed E-state index contributed by atoms with van der Waals surface area (Å²) in [5, 5.41) is 13.0. The summed E-state index contributed by atoms with van der Waals surface area (Å²) in [6, 6.07) is 7.27. The first-order chi connectivity index (χ1) is 16.8. The van der Waals surface area contributed by atoms with Gasteiger partial charge in [-0.15, -0.1) is 0 Å². The Kier molecular flexibility index (Phi) is 7.20. The number of ether oxygens (including phenoxy) is 1. The lowest BCUT2D eigenvalue weighted by atomic mass is 9.99. The van der Waals surface area contributed by atoms with Gasteiger partial charge >= 0.3 is 5.97 Å². The fourth-order valence-corrected chi connectivity index (χ4v) is 4.31. The maximum absolute atomic E-state index is 12.6. The Balaban J connectivity index is 1.61. The molecule has 0 unspecified atom stereocenters. The monoisotopic (exact) mass is 499 g/mol. The van der Waals surface area contributed by atoms with Gasteiger partial charge in [0.25, 0.3) is 11.5 Å². The van der Waals surface area contributed by atoms with Crippen LogP contribution in [0.5, 0.6) is 5.75 Å². The Morgan fingerprint density at radius 2 is 2.11 bits per heavy atom. The van der Waals surface area contributed by atoms with Crippen LogP contribution in [0.25, 0.3) is 10.9 Å². The lowest BCUT2D eigenvalue weighted by Gasteiger charge is -2.30. The molecular formula is C24H26ClN5O5. The molecule has 1 amide bonds. The van der Waals surface area contributed by atoms with Crippen LogP contribution >= 0.6 is 11.6 Å². The number of benzene rings is 1. The molecule has 10 nitrogen and oxygen atoms in total. The number of piperidine rings is 1. The van der Waals surface area contributed by atoms with Gasteiger partial charge in [-0.2, -0.15) is 0 Å². The van der Waals surface area contributed by atoms with Crippen molar-refractivity contribution in [1.29, 1.82) is 0 Å². The molecule has 184 valence electrons. The zero-order valence-corrected chi connectivity index (χ0v) is 20.2. The van der Waals surface area contributed by atoms with Crippen molar-refractivity contribution in [2.75, 3.05) is 31.6 Å². The number of carboxylic acids is 1. The lowest BCUT2D eigenvalue weighted by Crippen LogP contribution is -2.39. The van der Waals surface area contributed by atoms with Crippen LogP contribution < -0.4 is 20.5 Å². The molecule has 35 heavy (non-hydrogen) atoms. The number of anilines is 1. The van der Waals surface area contributed by atoms with Crippen molar-refractivity contribution in [1.82, 2.24) is 19.9 Å². The Morgan fingerprint density at radius 1 is 1.31 bits per heavy atom. The zero-order chi connectivity index (χ0) is 25.1. The molecular weight excluding hydrogens is 474 g/mol. The minimum absolute atomic E-state index is 0.0844. The summed E-state index contributed by atoms with van der Waals surface area (Å²) in [7, 11) is 3.14. The standard InChI is InChI=1S/C24H26ClN5O5/c1-26-21(31)13-35-20-10-16-8-14(5-6-19(16)29(2)22(20)32)9-18-17(25)11-27-24(28-18)30-7-3-4-15(12-30)23(33)34/h5-6,8,10-11,15H,3-4,7,9,12-13H2,1-2H3,(H,26,31)(H,33,34)/t15-/m1/s1. The third-order valence-electron chi connectivity index (χ3n) is 6.12. The van der Waals surface area contributed by atoms with E-state index in [-0.39, 0.29) is 23.8 Å². The van der Waals surface area contributed by atoms with Crippen LogP contribution in [-0.4, -0.2) is 58.3 Å². The average molecular weight is 500 g/mol. The number of pyridine rings is 1. The molecule has 3 aromatic rings. The number of carbonyl (C=O) groups is 2. The zero-order valence-electron chi connectivity index (χ0n) is 19.5. The summed E-state index contributed by atoms with van der Waals surface area (Å²) in [5.41, 5.74) is 1.91. The summed E-state index contributed by atoms with van der Waals surface area (Å²) in [4.78, 5) is 46.4. The largest absolute Gasteiger partial charge is 0.481 e. The van der Waals surface area contributed by atoms with Gasteiger partial charge in [-0.3, -0.25) is 14.4 Å². The average Bonchev–Trinajstić information content (AvgIpc) is 2.86. The van der Waals surface area contributed by atoms with Crippen LogP contribution in [0.3, 0.4) is 0 Å². The third kappa shape index (κ3) is 5.37. The highest BCUT2D eigenvalue weighted by Crippen LogP contribution is 2.25. The number of halogens is 1. The van der Waals surface area contributed by atoms with Crippen molar-refractivity contribution in [3.8, 4) is 5.75 Å². The van der Waals surface area contributed by atoms with Crippen LogP contribution in [0.15, 0.2) is 35.3 Å². The van der Waals surface area contributed by atoms with Crippen LogP contribution in [-0.2, 0) is 23.1 Å². The molecule has 1 aliphatic heterocycles. The SMILES string of the molecule is CNC(=O)COc1cc2cc(Cc3nc(N4CCC[C@@H](C(=O)O)C4)ncc3Cl)ccc2n(C)c1=O. The molecule has 0 aliphatic carbocycles. The maximum Gasteiger partial charge on any atom is 0.308 e. The molecule has 0 spiro atoms. The molecule has 1 atom stereocenters. The van der Waals surface area contributed by atoms with E-state index in [0.717, 1.165) is 17.4 Å². The number of hydrogen-bond acceptors (Lipinski definition) is 7. The molecule has 1 saturated heterocycles. The van der Waals surface area contributed by atoms with Crippen LogP contribution in [0.1, 0.15) is 24.1 Å². The maximum atomic E-state index is 12.6. The normalized spacial score (nSPS) is 15.7. The Bertz CT molecular complexity index is 1340. The first-order valence-corrected chi connectivity index (χ1v) is 11.6. The van der Waals surface area contributed by atoms with Gasteiger partial charge in [0.05, 0.1) is 28.3 Å². The fraction of sp³-hybridized carbons (Fsp3) is 0.375. The van der Waals surface area contributed by atoms with E-state index in [0.29, 0.717) is 48.1 Å². The second-order valence-corrected chi connectivity index (χ2v) is 8.90. The molecule has 1 fully saturated rings. The first-order valence-electron chi connectivity index (χ1n) is 11.2. The second-order valence-electron chi connectivity index (χ2n) is 8.49. The number of nitrogens with one attached hydrogen (secondary N) is 1. The van der Waals surface area contributed by atoms with Crippen molar-refractivity contribution in [2.45, 2.75) is 19.3 Å². The quantitative estimate of drug-likeness (QED) is 0.505. The number of aliphatic carboxylic acids is 1. The number of hydrogen-bond donors (Lipinski definition) is 2. The van der Waals surface area contributed by atoms with Crippen molar-refractivity contribution >= 4 is 40.3 Å². The molecule has 2 N–H and O–H groups in total. The topological polar surface area (TPSA) is 127 Å². The molecule has 0 radical (unpaired) electrons. The van der Waals surface area contributed by atoms with Crippen molar-refractivity contribution in [3.05, 3.63) is 57.1 Å². The second kappa shape index (κ2) is 10.3. The van der Waals surface area contributed by atoms with Crippen LogP contribution in [0.2, 0.25) is 5.02 Å². The number of amides is 1. The van der Waals surface area contributed by atoms with Crippen LogP contribution in [0.4, 0.5) is 5.95 Å². The van der Waals surface area contributed by atoms with Gasteiger partial charge < -0.3 is 24.6 Å². The highest BCUT2D eigenvalue weighted by molar-refractivity contribution is 6.31. The van der Waals surface area contributed by atoms with E-state index in [2.05, 4.69) is 15.3 Å². The predicted octanol–water partition coefficient (Wildman–Crippen LogP) is 2.00. The molecule has 0 saturated carbocycles. The smallest absolute Gasteiger partial charge is 0.308 e. The molecule has 0 bridgehead atoms. The molecule has 4 rings (SSSR count).